The molecule has 3 heterocycles. The second kappa shape index (κ2) is 7.78. The fourth-order valence-corrected chi connectivity index (χ4v) is 3.79. The van der Waals surface area contributed by atoms with Crippen LogP contribution in [-0.4, -0.2) is 35.9 Å². The first kappa shape index (κ1) is 19.9. The highest BCUT2D eigenvalue weighted by atomic mass is 16.2. The molecular formula is C22H27N7O. The van der Waals surface area contributed by atoms with E-state index in [0.717, 1.165) is 40.2 Å². The highest BCUT2D eigenvalue weighted by Crippen LogP contribution is 2.26. The lowest BCUT2D eigenvalue weighted by Crippen LogP contribution is -2.30. The van der Waals surface area contributed by atoms with Crippen LogP contribution >= 0.6 is 0 Å². The predicted molar refractivity (Wildman–Crippen MR) is 116 cm³/mol. The van der Waals surface area contributed by atoms with E-state index in [9.17, 15) is 4.79 Å². The molecule has 0 saturated carbocycles. The number of aromatic amines is 2. The first-order chi connectivity index (χ1) is 14.3. The molecule has 4 rings (SSSR count). The van der Waals surface area contributed by atoms with E-state index in [-0.39, 0.29) is 11.9 Å². The first-order valence-electron chi connectivity index (χ1n) is 10.1. The highest BCUT2D eigenvalue weighted by Gasteiger charge is 2.23. The van der Waals surface area contributed by atoms with Crippen LogP contribution in [0.15, 0.2) is 30.3 Å². The highest BCUT2D eigenvalue weighted by molar-refractivity contribution is 5.93. The van der Waals surface area contributed by atoms with Crippen molar-refractivity contribution in [2.45, 2.75) is 40.2 Å². The number of aryl methyl sites for hydroxylation is 2. The van der Waals surface area contributed by atoms with Crippen molar-refractivity contribution in [1.29, 1.82) is 0 Å². The van der Waals surface area contributed by atoms with Gasteiger partial charge in [0.15, 0.2) is 0 Å². The van der Waals surface area contributed by atoms with Crippen LogP contribution in [0.4, 0.5) is 0 Å². The summed E-state index contributed by atoms with van der Waals surface area (Å²) >= 11 is 0. The summed E-state index contributed by atoms with van der Waals surface area (Å²) in [5.41, 5.74) is 5.82. The van der Waals surface area contributed by atoms with Crippen LogP contribution < -0.4 is 5.32 Å². The fourth-order valence-electron chi connectivity index (χ4n) is 3.79. The molecule has 0 aliphatic carbocycles. The largest absolute Gasteiger partial charge is 0.341 e. The molecule has 8 nitrogen and oxygen atoms in total. The molecule has 0 bridgehead atoms. The van der Waals surface area contributed by atoms with Crippen LogP contribution in [0.25, 0.3) is 22.3 Å². The number of benzene rings is 1. The third-order valence-electron chi connectivity index (χ3n) is 5.34. The van der Waals surface area contributed by atoms with E-state index in [1.54, 1.807) is 6.07 Å². The smallest absolute Gasteiger partial charge is 0.269 e. The molecule has 1 aromatic carbocycles. The first-order valence-corrected chi connectivity index (χ1v) is 10.1. The predicted octanol–water partition coefficient (Wildman–Crippen LogP) is 3.82. The lowest BCUT2D eigenvalue weighted by molar-refractivity contribution is 0.0925. The lowest BCUT2D eigenvalue weighted by Gasteiger charge is -2.18. The lowest BCUT2D eigenvalue weighted by atomic mass is 10.0. The van der Waals surface area contributed by atoms with Gasteiger partial charge in [0.2, 0.25) is 0 Å². The van der Waals surface area contributed by atoms with E-state index in [1.807, 2.05) is 49.8 Å². The standard InChI is InChI=1S/C22H27N7O/c1-12(2)10-18(21-23-15-8-6-7-9-16(15)24-21)25-22(30)19-11-17(26-27-19)20-13(3)28-29(5)14(20)4/h6-9,11-12,18H,10H2,1-5H3,(H,23,24)(H,25,30)(H,26,27). The summed E-state index contributed by atoms with van der Waals surface area (Å²) in [5.74, 6) is 0.942. The SMILES string of the molecule is Cc1nn(C)c(C)c1-c1cc(C(=O)NC(CC(C)C)c2nc3ccccc3[nH]2)[nH]n1. The van der Waals surface area contributed by atoms with E-state index in [4.69, 9.17) is 0 Å². The van der Waals surface area contributed by atoms with E-state index >= 15 is 0 Å². The number of hydrogen-bond acceptors (Lipinski definition) is 4. The number of carbonyl (C=O) groups is 1. The van der Waals surface area contributed by atoms with Crippen LogP contribution in [0.1, 0.15) is 54.0 Å². The van der Waals surface area contributed by atoms with Crippen molar-refractivity contribution in [2.24, 2.45) is 13.0 Å². The normalized spacial score (nSPS) is 12.6. The van der Waals surface area contributed by atoms with Gasteiger partial charge in [-0.1, -0.05) is 26.0 Å². The molecule has 0 fully saturated rings. The molecule has 1 amide bonds. The maximum atomic E-state index is 13.0. The van der Waals surface area contributed by atoms with E-state index in [2.05, 4.69) is 44.4 Å². The summed E-state index contributed by atoms with van der Waals surface area (Å²) in [4.78, 5) is 21.0. The van der Waals surface area contributed by atoms with Crippen molar-refractivity contribution in [3.63, 3.8) is 0 Å². The zero-order valence-electron chi connectivity index (χ0n) is 17.9. The van der Waals surface area contributed by atoms with E-state index in [0.29, 0.717) is 17.3 Å². The van der Waals surface area contributed by atoms with Gasteiger partial charge in [-0.3, -0.25) is 14.6 Å². The Morgan fingerprint density at radius 2 is 2.00 bits per heavy atom. The number of hydrogen-bond donors (Lipinski definition) is 3. The summed E-state index contributed by atoms with van der Waals surface area (Å²) in [6.07, 6.45) is 0.771. The number of fused-ring (bicyclic) bond motifs is 1. The molecule has 0 radical (unpaired) electrons. The molecule has 8 heteroatoms. The number of nitrogens with zero attached hydrogens (tertiary/aromatic N) is 4. The van der Waals surface area contributed by atoms with Crippen molar-refractivity contribution < 1.29 is 4.79 Å². The quantitative estimate of drug-likeness (QED) is 0.453. The van der Waals surface area contributed by atoms with Crippen molar-refractivity contribution in [1.82, 2.24) is 35.3 Å². The van der Waals surface area contributed by atoms with Gasteiger partial charge in [-0.2, -0.15) is 10.2 Å². The molecule has 0 saturated heterocycles. The summed E-state index contributed by atoms with van der Waals surface area (Å²) in [5, 5.41) is 14.8. The summed E-state index contributed by atoms with van der Waals surface area (Å²) in [6.45, 7) is 8.19. The molecule has 0 spiro atoms. The molecule has 1 unspecified atom stereocenters. The molecule has 3 aromatic heterocycles. The van der Waals surface area contributed by atoms with Gasteiger partial charge in [-0.15, -0.1) is 0 Å². The van der Waals surface area contributed by atoms with E-state index < -0.39 is 0 Å². The molecule has 30 heavy (non-hydrogen) atoms. The number of para-hydroxylation sites is 2. The Kier molecular flexibility index (Phi) is 5.15. The minimum absolute atomic E-state index is 0.209. The van der Waals surface area contributed by atoms with Gasteiger partial charge in [0.1, 0.15) is 11.5 Å². The number of rotatable bonds is 6. The number of nitrogens with one attached hydrogen (secondary N) is 3. The zero-order chi connectivity index (χ0) is 21.4. The van der Waals surface area contributed by atoms with Crippen LogP contribution in [0.5, 0.6) is 0 Å². The third kappa shape index (κ3) is 3.72. The van der Waals surface area contributed by atoms with E-state index in [1.165, 1.54) is 0 Å². The summed E-state index contributed by atoms with van der Waals surface area (Å²) in [7, 11) is 1.90. The van der Waals surface area contributed by atoms with Crippen LogP contribution in [0.3, 0.4) is 0 Å². The molecule has 0 aliphatic heterocycles. The molecular weight excluding hydrogens is 378 g/mol. The Balaban J connectivity index is 1.59. The minimum Gasteiger partial charge on any atom is -0.341 e. The number of H-pyrrole nitrogens is 2. The number of carbonyl (C=O) groups excluding carboxylic acids is 1. The van der Waals surface area contributed by atoms with Crippen LogP contribution in [0.2, 0.25) is 0 Å². The third-order valence-corrected chi connectivity index (χ3v) is 5.34. The molecule has 4 aromatic rings. The topological polar surface area (TPSA) is 104 Å². The monoisotopic (exact) mass is 405 g/mol. The van der Waals surface area contributed by atoms with Gasteiger partial charge < -0.3 is 10.3 Å². The number of aromatic nitrogens is 6. The Morgan fingerprint density at radius 3 is 2.67 bits per heavy atom. The van der Waals surface area contributed by atoms with Crippen LogP contribution in [0, 0.1) is 19.8 Å². The Labute approximate surface area is 175 Å². The Hall–Kier alpha value is -3.42. The Bertz CT molecular complexity index is 1160. The van der Waals surface area contributed by atoms with Crippen molar-refractivity contribution >= 4 is 16.9 Å². The fraction of sp³-hybridized carbons (Fsp3) is 0.364. The summed E-state index contributed by atoms with van der Waals surface area (Å²) < 4.78 is 1.82. The van der Waals surface area contributed by atoms with Gasteiger partial charge in [0.05, 0.1) is 28.5 Å². The second-order valence-corrected chi connectivity index (χ2v) is 8.13. The van der Waals surface area contributed by atoms with Gasteiger partial charge in [-0.05, 0) is 44.4 Å². The average molecular weight is 406 g/mol. The van der Waals surface area contributed by atoms with Crippen molar-refractivity contribution in [3.05, 3.63) is 53.2 Å². The number of imidazole rings is 1. The Morgan fingerprint density at radius 1 is 1.23 bits per heavy atom. The van der Waals surface area contributed by atoms with Gasteiger partial charge in [0, 0.05) is 18.3 Å². The average Bonchev–Trinajstić information content (AvgIpc) is 3.39. The maximum Gasteiger partial charge on any atom is 0.269 e. The minimum atomic E-state index is -0.224. The van der Waals surface area contributed by atoms with Crippen molar-refractivity contribution in [2.75, 3.05) is 0 Å². The summed E-state index contributed by atoms with van der Waals surface area (Å²) in [6, 6.07) is 9.42. The molecule has 1 atom stereocenters. The molecule has 156 valence electrons. The maximum absolute atomic E-state index is 13.0. The molecule has 3 N–H and O–H groups in total. The van der Waals surface area contributed by atoms with Crippen LogP contribution in [-0.2, 0) is 7.05 Å². The van der Waals surface area contributed by atoms with Crippen molar-refractivity contribution in [3.8, 4) is 11.3 Å². The van der Waals surface area contributed by atoms with Gasteiger partial charge in [0.25, 0.3) is 5.91 Å². The number of amides is 1. The zero-order valence-corrected chi connectivity index (χ0v) is 17.9. The second-order valence-electron chi connectivity index (χ2n) is 8.13. The molecule has 0 aliphatic rings. The van der Waals surface area contributed by atoms with Gasteiger partial charge in [-0.25, -0.2) is 4.98 Å². The van der Waals surface area contributed by atoms with Gasteiger partial charge >= 0.3 is 0 Å².